The van der Waals surface area contributed by atoms with Gasteiger partial charge in [0.2, 0.25) is 0 Å². The molecule has 2 aromatic heterocycles. The fourth-order valence-corrected chi connectivity index (χ4v) is 2.87. The molecule has 2 heterocycles. The van der Waals surface area contributed by atoms with Gasteiger partial charge in [0.05, 0.1) is 15.9 Å². The predicted molar refractivity (Wildman–Crippen MR) is 68.8 cm³/mol. The summed E-state index contributed by atoms with van der Waals surface area (Å²) in [6.45, 7) is 0.385. The number of aromatic nitrogens is 1. The Labute approximate surface area is 109 Å². The Bertz CT molecular complexity index is 617. The van der Waals surface area contributed by atoms with Gasteiger partial charge >= 0.3 is 5.97 Å². The second kappa shape index (κ2) is 4.85. The van der Waals surface area contributed by atoms with Crippen LogP contribution in [0.1, 0.15) is 15.2 Å². The van der Waals surface area contributed by atoms with Gasteiger partial charge in [0.25, 0.3) is 5.56 Å². The summed E-state index contributed by atoms with van der Waals surface area (Å²) >= 11 is 4.85. The van der Waals surface area contributed by atoms with Crippen molar-refractivity contribution in [2.45, 2.75) is 6.54 Å². The molecule has 88 valence electrons. The summed E-state index contributed by atoms with van der Waals surface area (Å²) in [5.41, 5.74) is -0.0975. The summed E-state index contributed by atoms with van der Waals surface area (Å²) < 4.78 is 2.37. The first-order chi connectivity index (χ1) is 8.06. The quantitative estimate of drug-likeness (QED) is 0.946. The van der Waals surface area contributed by atoms with Gasteiger partial charge in [-0.15, -0.1) is 11.3 Å². The first-order valence-electron chi connectivity index (χ1n) is 4.74. The molecule has 0 saturated carbocycles. The van der Waals surface area contributed by atoms with E-state index in [0.29, 0.717) is 6.54 Å². The molecule has 6 heteroatoms. The zero-order chi connectivity index (χ0) is 12.4. The lowest BCUT2D eigenvalue weighted by atomic mass is 10.3. The highest BCUT2D eigenvalue weighted by Crippen LogP contribution is 2.22. The lowest BCUT2D eigenvalue weighted by Gasteiger charge is -2.04. The van der Waals surface area contributed by atoms with Gasteiger partial charge < -0.3 is 9.67 Å². The molecular weight excluding hydrogens is 306 g/mol. The van der Waals surface area contributed by atoms with Gasteiger partial charge in [-0.2, -0.15) is 0 Å². The van der Waals surface area contributed by atoms with Gasteiger partial charge in [-0.1, -0.05) is 0 Å². The van der Waals surface area contributed by atoms with Crippen LogP contribution >= 0.6 is 27.3 Å². The Morgan fingerprint density at radius 2 is 2.12 bits per heavy atom. The van der Waals surface area contributed by atoms with Crippen molar-refractivity contribution in [1.29, 1.82) is 0 Å². The van der Waals surface area contributed by atoms with Gasteiger partial charge in [-0.3, -0.25) is 4.79 Å². The molecule has 0 aliphatic heterocycles. The predicted octanol–water partition coefficient (Wildman–Crippen LogP) is 2.42. The lowest BCUT2D eigenvalue weighted by Crippen LogP contribution is -2.20. The van der Waals surface area contributed by atoms with Crippen LogP contribution in [0.3, 0.4) is 0 Å². The van der Waals surface area contributed by atoms with Crippen molar-refractivity contribution in [2.75, 3.05) is 0 Å². The number of hydrogen-bond donors (Lipinski definition) is 1. The molecule has 0 bridgehead atoms. The van der Waals surface area contributed by atoms with Crippen molar-refractivity contribution in [2.24, 2.45) is 0 Å². The molecule has 0 fully saturated rings. The zero-order valence-corrected chi connectivity index (χ0v) is 11.0. The van der Waals surface area contributed by atoms with Gasteiger partial charge in [0, 0.05) is 17.1 Å². The van der Waals surface area contributed by atoms with E-state index < -0.39 is 5.97 Å². The van der Waals surface area contributed by atoms with Crippen molar-refractivity contribution >= 4 is 33.2 Å². The molecule has 1 N–H and O–H groups in total. The first-order valence-corrected chi connectivity index (χ1v) is 6.35. The molecule has 0 aromatic carbocycles. The van der Waals surface area contributed by atoms with E-state index in [1.165, 1.54) is 34.2 Å². The monoisotopic (exact) mass is 313 g/mol. The average Bonchev–Trinajstić information content (AvgIpc) is 2.67. The van der Waals surface area contributed by atoms with E-state index in [4.69, 9.17) is 5.11 Å². The summed E-state index contributed by atoms with van der Waals surface area (Å²) in [6, 6.07) is 6.37. The SMILES string of the molecule is O=C(O)c1ccc(=O)n(Cc2ccc(Br)s2)c1. The molecule has 0 amide bonds. The Balaban J connectivity index is 2.35. The average molecular weight is 314 g/mol. The molecule has 0 aliphatic rings. The van der Waals surface area contributed by atoms with Crippen molar-refractivity contribution in [3.8, 4) is 0 Å². The van der Waals surface area contributed by atoms with E-state index in [2.05, 4.69) is 15.9 Å². The van der Waals surface area contributed by atoms with Gasteiger partial charge in [-0.25, -0.2) is 4.79 Å². The fraction of sp³-hybridized carbons (Fsp3) is 0.0909. The van der Waals surface area contributed by atoms with Gasteiger partial charge in [0.1, 0.15) is 0 Å². The molecule has 0 radical (unpaired) electrons. The number of carboxylic acid groups (broad SMARTS) is 1. The largest absolute Gasteiger partial charge is 0.478 e. The third-order valence-electron chi connectivity index (χ3n) is 2.19. The van der Waals surface area contributed by atoms with Crippen molar-refractivity contribution in [3.63, 3.8) is 0 Å². The lowest BCUT2D eigenvalue weighted by molar-refractivity contribution is 0.0696. The minimum absolute atomic E-state index is 0.111. The topological polar surface area (TPSA) is 59.3 Å². The van der Waals surface area contributed by atoms with Crippen LogP contribution < -0.4 is 5.56 Å². The maximum absolute atomic E-state index is 11.6. The Kier molecular flexibility index (Phi) is 3.44. The third-order valence-corrected chi connectivity index (χ3v) is 3.79. The molecule has 0 atom stereocenters. The normalized spacial score (nSPS) is 10.4. The molecule has 0 saturated heterocycles. The highest BCUT2D eigenvalue weighted by Gasteiger charge is 2.06. The number of hydrogen-bond acceptors (Lipinski definition) is 3. The van der Waals surface area contributed by atoms with Gasteiger partial charge in [0.15, 0.2) is 0 Å². The van der Waals surface area contributed by atoms with Crippen LogP contribution in [0.25, 0.3) is 0 Å². The van der Waals surface area contributed by atoms with Gasteiger partial charge in [-0.05, 0) is 34.1 Å². The standard InChI is InChI=1S/C11H8BrNO3S/c12-9-3-2-8(17-9)6-13-5-7(11(15)16)1-4-10(13)14/h1-5H,6H2,(H,15,16). The number of pyridine rings is 1. The van der Waals surface area contributed by atoms with Crippen LogP contribution in [-0.4, -0.2) is 15.6 Å². The van der Waals surface area contributed by atoms with Crippen molar-refractivity contribution in [3.05, 3.63) is 55.0 Å². The molecule has 0 aliphatic carbocycles. The molecule has 0 unspecified atom stereocenters. The maximum Gasteiger partial charge on any atom is 0.337 e. The summed E-state index contributed by atoms with van der Waals surface area (Å²) in [5.74, 6) is -1.04. The Morgan fingerprint density at radius 3 is 2.71 bits per heavy atom. The molecule has 0 spiro atoms. The summed E-state index contributed by atoms with van der Waals surface area (Å²) in [4.78, 5) is 23.4. The molecular formula is C11H8BrNO3S. The molecule has 2 rings (SSSR count). The van der Waals surface area contributed by atoms with E-state index in [1.54, 1.807) is 0 Å². The highest BCUT2D eigenvalue weighted by atomic mass is 79.9. The summed E-state index contributed by atoms with van der Waals surface area (Å²) in [7, 11) is 0. The minimum Gasteiger partial charge on any atom is -0.478 e. The summed E-state index contributed by atoms with van der Waals surface area (Å²) in [6.07, 6.45) is 1.36. The van der Waals surface area contributed by atoms with Crippen LogP contribution in [0, 0.1) is 0 Å². The fourth-order valence-electron chi connectivity index (χ4n) is 1.39. The van der Waals surface area contributed by atoms with E-state index in [0.717, 1.165) is 8.66 Å². The smallest absolute Gasteiger partial charge is 0.337 e. The van der Waals surface area contributed by atoms with E-state index >= 15 is 0 Å². The Morgan fingerprint density at radius 1 is 1.35 bits per heavy atom. The number of thiophene rings is 1. The van der Waals surface area contributed by atoms with Crippen LogP contribution in [0.2, 0.25) is 0 Å². The molecule has 4 nitrogen and oxygen atoms in total. The second-order valence-electron chi connectivity index (χ2n) is 3.39. The van der Waals surface area contributed by atoms with E-state index in [1.807, 2.05) is 12.1 Å². The van der Waals surface area contributed by atoms with Crippen molar-refractivity contribution in [1.82, 2.24) is 4.57 Å². The van der Waals surface area contributed by atoms with E-state index in [9.17, 15) is 9.59 Å². The van der Waals surface area contributed by atoms with Crippen LogP contribution in [0.4, 0.5) is 0 Å². The van der Waals surface area contributed by atoms with Crippen LogP contribution in [-0.2, 0) is 6.54 Å². The molecule has 17 heavy (non-hydrogen) atoms. The number of carboxylic acids is 1. The first kappa shape index (κ1) is 12.1. The summed E-state index contributed by atoms with van der Waals surface area (Å²) in [5, 5.41) is 8.85. The number of carbonyl (C=O) groups is 1. The van der Waals surface area contributed by atoms with Crippen molar-refractivity contribution < 1.29 is 9.90 Å². The number of nitrogens with zero attached hydrogens (tertiary/aromatic N) is 1. The Hall–Kier alpha value is -1.40. The molecule has 2 aromatic rings. The van der Waals surface area contributed by atoms with Crippen LogP contribution in [0.15, 0.2) is 39.0 Å². The second-order valence-corrected chi connectivity index (χ2v) is 5.94. The minimum atomic E-state index is -1.04. The maximum atomic E-state index is 11.6. The van der Waals surface area contributed by atoms with Crippen LogP contribution in [0.5, 0.6) is 0 Å². The number of aromatic carboxylic acids is 1. The number of halogens is 1. The number of rotatable bonds is 3. The third kappa shape index (κ3) is 2.83. The van der Waals surface area contributed by atoms with E-state index in [-0.39, 0.29) is 11.1 Å². The zero-order valence-electron chi connectivity index (χ0n) is 8.59. The highest BCUT2D eigenvalue weighted by molar-refractivity contribution is 9.11.